The summed E-state index contributed by atoms with van der Waals surface area (Å²) in [6.07, 6.45) is 1.72. The molecule has 3 rings (SSSR count). The summed E-state index contributed by atoms with van der Waals surface area (Å²) in [7, 11) is 0. The monoisotopic (exact) mass is 286 g/mol. The Bertz CT molecular complexity index is 753. The number of halogens is 2. The summed E-state index contributed by atoms with van der Waals surface area (Å²) in [4.78, 5) is 4.28. The van der Waals surface area contributed by atoms with Gasteiger partial charge in [-0.25, -0.2) is 4.39 Å². The van der Waals surface area contributed by atoms with Gasteiger partial charge in [-0.2, -0.15) is 0 Å². The summed E-state index contributed by atoms with van der Waals surface area (Å²) in [5.74, 6) is -0.397. The summed E-state index contributed by atoms with van der Waals surface area (Å²) in [5.41, 5.74) is 8.07. The van der Waals surface area contributed by atoms with Crippen molar-refractivity contribution < 1.29 is 4.39 Å². The third-order valence-corrected chi connectivity index (χ3v) is 3.63. The van der Waals surface area contributed by atoms with Crippen molar-refractivity contribution in [3.05, 3.63) is 76.7 Å². The van der Waals surface area contributed by atoms with E-state index in [0.717, 1.165) is 16.5 Å². The van der Waals surface area contributed by atoms with Gasteiger partial charge in [0, 0.05) is 22.2 Å². The van der Waals surface area contributed by atoms with E-state index in [2.05, 4.69) is 4.98 Å². The number of pyridine rings is 1. The Morgan fingerprint density at radius 1 is 1.10 bits per heavy atom. The SMILES string of the molecule is NC(c1ccc2cccnc2c1)c1c(F)cccc1Cl. The minimum Gasteiger partial charge on any atom is -0.320 e. The van der Waals surface area contributed by atoms with Crippen LogP contribution in [0.25, 0.3) is 10.9 Å². The normalized spacial score (nSPS) is 12.6. The zero-order chi connectivity index (χ0) is 14.1. The van der Waals surface area contributed by atoms with Gasteiger partial charge in [0.2, 0.25) is 0 Å². The molecule has 0 spiro atoms. The average Bonchev–Trinajstić information content (AvgIpc) is 2.46. The highest BCUT2D eigenvalue weighted by Gasteiger charge is 2.17. The molecule has 4 heteroatoms. The lowest BCUT2D eigenvalue weighted by Crippen LogP contribution is -2.14. The smallest absolute Gasteiger partial charge is 0.129 e. The first-order chi connectivity index (χ1) is 9.66. The number of hydrogen-bond acceptors (Lipinski definition) is 2. The number of nitrogens with zero attached hydrogens (tertiary/aromatic N) is 1. The lowest BCUT2D eigenvalue weighted by Gasteiger charge is -2.15. The highest BCUT2D eigenvalue weighted by atomic mass is 35.5. The van der Waals surface area contributed by atoms with E-state index in [1.165, 1.54) is 6.07 Å². The maximum absolute atomic E-state index is 13.9. The van der Waals surface area contributed by atoms with E-state index in [1.54, 1.807) is 18.3 Å². The molecule has 3 aromatic rings. The Labute approximate surface area is 121 Å². The van der Waals surface area contributed by atoms with E-state index in [0.29, 0.717) is 10.6 Å². The lowest BCUT2D eigenvalue weighted by molar-refractivity contribution is 0.600. The van der Waals surface area contributed by atoms with Gasteiger partial charge in [-0.15, -0.1) is 0 Å². The van der Waals surface area contributed by atoms with E-state index in [4.69, 9.17) is 17.3 Å². The van der Waals surface area contributed by atoms with Crippen LogP contribution in [0.3, 0.4) is 0 Å². The molecule has 0 bridgehead atoms. The first kappa shape index (κ1) is 13.0. The molecular formula is C16H12ClFN2. The number of aromatic nitrogens is 1. The second kappa shape index (κ2) is 5.19. The minimum absolute atomic E-state index is 0.310. The highest BCUT2D eigenvalue weighted by molar-refractivity contribution is 6.31. The van der Waals surface area contributed by atoms with Gasteiger partial charge < -0.3 is 5.73 Å². The summed E-state index contributed by atoms with van der Waals surface area (Å²) < 4.78 is 13.9. The molecule has 0 saturated carbocycles. The Morgan fingerprint density at radius 2 is 1.95 bits per heavy atom. The van der Waals surface area contributed by atoms with Gasteiger partial charge >= 0.3 is 0 Å². The molecule has 1 heterocycles. The summed E-state index contributed by atoms with van der Waals surface area (Å²) in [6.45, 7) is 0. The fourth-order valence-corrected chi connectivity index (χ4v) is 2.53. The molecule has 100 valence electrons. The van der Waals surface area contributed by atoms with Crippen molar-refractivity contribution in [3.63, 3.8) is 0 Å². The van der Waals surface area contributed by atoms with Gasteiger partial charge in [-0.3, -0.25) is 4.98 Å². The number of hydrogen-bond donors (Lipinski definition) is 1. The molecule has 2 aromatic carbocycles. The third kappa shape index (κ3) is 2.26. The Kier molecular flexibility index (Phi) is 3.38. The van der Waals surface area contributed by atoms with Crippen LogP contribution in [0, 0.1) is 5.82 Å². The van der Waals surface area contributed by atoms with Gasteiger partial charge in [0.25, 0.3) is 0 Å². The molecule has 0 saturated heterocycles. The third-order valence-electron chi connectivity index (χ3n) is 3.30. The minimum atomic E-state index is -0.616. The van der Waals surface area contributed by atoms with Crippen LogP contribution in [0.15, 0.2) is 54.7 Å². The maximum atomic E-state index is 13.9. The molecule has 2 N–H and O–H groups in total. The van der Waals surface area contributed by atoms with Crippen LogP contribution in [-0.2, 0) is 0 Å². The van der Waals surface area contributed by atoms with Crippen LogP contribution in [0.1, 0.15) is 17.2 Å². The molecule has 0 fully saturated rings. The van der Waals surface area contributed by atoms with Crippen molar-refractivity contribution in [2.45, 2.75) is 6.04 Å². The molecular weight excluding hydrogens is 275 g/mol. The fourth-order valence-electron chi connectivity index (χ4n) is 2.25. The molecule has 0 aliphatic heterocycles. The molecule has 1 unspecified atom stereocenters. The number of rotatable bonds is 2. The Hall–Kier alpha value is -1.97. The molecule has 2 nitrogen and oxygen atoms in total. The van der Waals surface area contributed by atoms with Crippen molar-refractivity contribution in [1.82, 2.24) is 4.98 Å². The number of benzene rings is 2. The lowest BCUT2D eigenvalue weighted by atomic mass is 9.98. The first-order valence-corrected chi connectivity index (χ1v) is 6.59. The topological polar surface area (TPSA) is 38.9 Å². The van der Waals surface area contributed by atoms with Gasteiger partial charge in [-0.05, 0) is 29.8 Å². The van der Waals surface area contributed by atoms with E-state index in [1.807, 2.05) is 30.3 Å². The fraction of sp³-hybridized carbons (Fsp3) is 0.0625. The Balaban J connectivity index is 2.10. The van der Waals surface area contributed by atoms with Gasteiger partial charge in [-0.1, -0.05) is 35.9 Å². The largest absolute Gasteiger partial charge is 0.320 e. The molecule has 0 amide bonds. The van der Waals surface area contributed by atoms with Gasteiger partial charge in [0.1, 0.15) is 5.82 Å². The van der Waals surface area contributed by atoms with Crippen molar-refractivity contribution in [3.8, 4) is 0 Å². The van der Waals surface area contributed by atoms with Crippen LogP contribution in [0.5, 0.6) is 0 Å². The molecule has 20 heavy (non-hydrogen) atoms. The molecule has 1 atom stereocenters. The van der Waals surface area contributed by atoms with Gasteiger partial charge in [0.15, 0.2) is 0 Å². The van der Waals surface area contributed by atoms with Crippen molar-refractivity contribution in [1.29, 1.82) is 0 Å². The standard InChI is InChI=1S/C16H12ClFN2/c17-12-4-1-5-13(18)15(12)16(19)11-7-6-10-3-2-8-20-14(10)9-11/h1-9,16H,19H2. The van der Waals surface area contributed by atoms with E-state index in [-0.39, 0.29) is 0 Å². The summed E-state index contributed by atoms with van der Waals surface area (Å²) >= 11 is 6.06. The van der Waals surface area contributed by atoms with E-state index < -0.39 is 11.9 Å². The molecule has 0 radical (unpaired) electrons. The van der Waals surface area contributed by atoms with Crippen LogP contribution in [0.4, 0.5) is 4.39 Å². The van der Waals surface area contributed by atoms with Crippen LogP contribution in [0.2, 0.25) is 5.02 Å². The average molecular weight is 287 g/mol. The van der Waals surface area contributed by atoms with Crippen molar-refractivity contribution in [2.24, 2.45) is 5.73 Å². The molecule has 0 aliphatic rings. The number of nitrogens with two attached hydrogens (primary N) is 1. The Morgan fingerprint density at radius 3 is 2.75 bits per heavy atom. The van der Waals surface area contributed by atoms with Crippen LogP contribution in [-0.4, -0.2) is 4.98 Å². The second-order valence-corrected chi connectivity index (χ2v) is 4.98. The first-order valence-electron chi connectivity index (χ1n) is 6.21. The van der Waals surface area contributed by atoms with E-state index in [9.17, 15) is 4.39 Å². The zero-order valence-corrected chi connectivity index (χ0v) is 11.3. The quantitative estimate of drug-likeness (QED) is 0.771. The van der Waals surface area contributed by atoms with Gasteiger partial charge in [0.05, 0.1) is 11.6 Å². The highest BCUT2D eigenvalue weighted by Crippen LogP contribution is 2.29. The van der Waals surface area contributed by atoms with Crippen molar-refractivity contribution >= 4 is 22.5 Å². The van der Waals surface area contributed by atoms with Crippen LogP contribution < -0.4 is 5.73 Å². The summed E-state index contributed by atoms with van der Waals surface area (Å²) in [6, 6.07) is 13.4. The molecule has 1 aromatic heterocycles. The predicted octanol–water partition coefficient (Wildman–Crippen LogP) is 4.08. The maximum Gasteiger partial charge on any atom is 0.129 e. The summed E-state index contributed by atoms with van der Waals surface area (Å²) in [5, 5.41) is 1.35. The predicted molar refractivity (Wildman–Crippen MR) is 79.2 cm³/mol. The van der Waals surface area contributed by atoms with Crippen molar-refractivity contribution in [2.75, 3.05) is 0 Å². The zero-order valence-electron chi connectivity index (χ0n) is 10.6. The van der Waals surface area contributed by atoms with E-state index >= 15 is 0 Å². The number of fused-ring (bicyclic) bond motifs is 1. The molecule has 0 aliphatic carbocycles. The van der Waals surface area contributed by atoms with Crippen LogP contribution >= 0.6 is 11.6 Å². The second-order valence-electron chi connectivity index (χ2n) is 4.57.